The molecule has 0 bridgehead atoms. The Labute approximate surface area is 176 Å². The number of aromatic nitrogens is 3. The van der Waals surface area contributed by atoms with E-state index in [1.165, 1.54) is 15.2 Å². The van der Waals surface area contributed by atoms with E-state index in [9.17, 15) is 22.8 Å². The zero-order chi connectivity index (χ0) is 22.2. The van der Waals surface area contributed by atoms with Crippen molar-refractivity contribution in [1.82, 2.24) is 14.1 Å². The molecule has 1 aliphatic rings. The lowest BCUT2D eigenvalue weighted by Gasteiger charge is -2.28. The van der Waals surface area contributed by atoms with Crippen molar-refractivity contribution in [3.63, 3.8) is 0 Å². The predicted molar refractivity (Wildman–Crippen MR) is 110 cm³/mol. The highest BCUT2D eigenvalue weighted by atomic mass is 19.4. The third kappa shape index (κ3) is 4.35. The average Bonchev–Trinajstić information content (AvgIpc) is 2.99. The van der Waals surface area contributed by atoms with Crippen LogP contribution >= 0.6 is 0 Å². The Morgan fingerprint density at radius 3 is 2.42 bits per heavy atom. The van der Waals surface area contributed by atoms with Crippen molar-refractivity contribution in [3.8, 4) is 0 Å². The first-order valence-electron chi connectivity index (χ1n) is 10.2. The number of amides is 1. The Kier molecular flexibility index (Phi) is 5.60. The molecule has 0 atom stereocenters. The van der Waals surface area contributed by atoms with Gasteiger partial charge in [-0.2, -0.15) is 13.2 Å². The van der Waals surface area contributed by atoms with Crippen LogP contribution in [0.15, 0.2) is 47.5 Å². The van der Waals surface area contributed by atoms with Crippen LogP contribution in [0.25, 0.3) is 11.0 Å². The number of aryl methyl sites for hydroxylation is 1. The number of nitrogens with one attached hydrogen (secondary N) is 1. The van der Waals surface area contributed by atoms with E-state index in [1.54, 1.807) is 31.6 Å². The van der Waals surface area contributed by atoms with Crippen molar-refractivity contribution >= 4 is 22.6 Å². The molecule has 31 heavy (non-hydrogen) atoms. The number of carbonyl (C=O) groups excluding carboxylic acids is 1. The van der Waals surface area contributed by atoms with Gasteiger partial charge in [0, 0.05) is 37.6 Å². The van der Waals surface area contributed by atoms with E-state index in [4.69, 9.17) is 0 Å². The van der Waals surface area contributed by atoms with Gasteiger partial charge < -0.3 is 5.32 Å². The monoisotopic (exact) mass is 432 g/mol. The number of rotatable bonds is 4. The minimum atomic E-state index is -4.47. The summed E-state index contributed by atoms with van der Waals surface area (Å²) in [6, 6.07) is 6.84. The standard InChI is InChI=1S/C22H23F3N4O2/c1-28-18-7-6-16(22(23,24)25)12-19(18)29(21(28)31)13-14-2-4-15(5-3-14)20(30)27-17-8-10-26-11-9-17/h6-12,14-15H,2-5,13H2,1H3,(H,26,27,30). The van der Waals surface area contributed by atoms with Gasteiger partial charge in [-0.05, 0) is 61.9 Å². The molecule has 2 aromatic heterocycles. The van der Waals surface area contributed by atoms with E-state index in [0.29, 0.717) is 36.1 Å². The summed E-state index contributed by atoms with van der Waals surface area (Å²) in [5.41, 5.74) is 0.371. The normalized spacial score (nSPS) is 19.5. The summed E-state index contributed by atoms with van der Waals surface area (Å²) < 4.78 is 42.3. The molecule has 1 aliphatic carbocycles. The van der Waals surface area contributed by atoms with Crippen LogP contribution in [0, 0.1) is 11.8 Å². The summed E-state index contributed by atoms with van der Waals surface area (Å²) in [7, 11) is 1.56. The van der Waals surface area contributed by atoms with E-state index in [0.717, 1.165) is 25.0 Å². The molecule has 0 saturated heterocycles. The van der Waals surface area contributed by atoms with E-state index in [-0.39, 0.29) is 23.4 Å². The first-order valence-corrected chi connectivity index (χ1v) is 10.2. The van der Waals surface area contributed by atoms with Gasteiger partial charge >= 0.3 is 11.9 Å². The van der Waals surface area contributed by atoms with E-state index < -0.39 is 11.7 Å². The van der Waals surface area contributed by atoms with Crippen LogP contribution in [0.3, 0.4) is 0 Å². The highest BCUT2D eigenvalue weighted by Crippen LogP contribution is 2.33. The summed E-state index contributed by atoms with van der Waals surface area (Å²) in [4.78, 5) is 29.1. The van der Waals surface area contributed by atoms with Crippen molar-refractivity contribution in [2.24, 2.45) is 18.9 Å². The molecule has 1 fully saturated rings. The third-order valence-corrected chi connectivity index (χ3v) is 6.08. The minimum Gasteiger partial charge on any atom is -0.326 e. The van der Waals surface area contributed by atoms with Crippen molar-refractivity contribution in [2.75, 3.05) is 5.32 Å². The predicted octanol–water partition coefficient (Wildman–Crippen LogP) is 4.20. The molecule has 2 heterocycles. The number of alkyl halides is 3. The third-order valence-electron chi connectivity index (χ3n) is 6.08. The molecule has 9 heteroatoms. The van der Waals surface area contributed by atoms with Crippen LogP contribution in [0.1, 0.15) is 31.2 Å². The summed E-state index contributed by atoms with van der Waals surface area (Å²) in [6.45, 7) is 0.343. The smallest absolute Gasteiger partial charge is 0.326 e. The fourth-order valence-corrected chi connectivity index (χ4v) is 4.31. The lowest BCUT2D eigenvalue weighted by molar-refractivity contribution is -0.137. The van der Waals surface area contributed by atoms with Crippen LogP contribution in [0.2, 0.25) is 0 Å². The van der Waals surface area contributed by atoms with Crippen LogP contribution in [0.5, 0.6) is 0 Å². The average molecular weight is 432 g/mol. The summed E-state index contributed by atoms with van der Waals surface area (Å²) in [5, 5.41) is 2.89. The SMILES string of the molecule is Cn1c(=O)n(CC2CCC(C(=O)Nc3ccncc3)CC2)c2cc(C(F)(F)F)ccc21. The number of imidazole rings is 1. The van der Waals surface area contributed by atoms with E-state index >= 15 is 0 Å². The second kappa shape index (κ2) is 8.20. The van der Waals surface area contributed by atoms with Gasteiger partial charge in [0.15, 0.2) is 0 Å². The van der Waals surface area contributed by atoms with Gasteiger partial charge in [0.25, 0.3) is 0 Å². The number of hydrogen-bond acceptors (Lipinski definition) is 3. The Balaban J connectivity index is 1.46. The zero-order valence-electron chi connectivity index (χ0n) is 17.0. The second-order valence-electron chi connectivity index (χ2n) is 8.10. The molecule has 1 amide bonds. The molecule has 1 N–H and O–H groups in total. The Morgan fingerprint density at radius 2 is 1.77 bits per heavy atom. The highest BCUT2D eigenvalue weighted by Gasteiger charge is 2.32. The number of anilines is 1. The number of fused-ring (bicyclic) bond motifs is 1. The van der Waals surface area contributed by atoms with E-state index in [1.807, 2.05) is 0 Å². The summed E-state index contributed by atoms with van der Waals surface area (Å²) >= 11 is 0. The molecule has 3 aromatic rings. The maximum absolute atomic E-state index is 13.2. The zero-order valence-corrected chi connectivity index (χ0v) is 17.0. The Hall–Kier alpha value is -3.10. The molecule has 0 unspecified atom stereocenters. The van der Waals surface area contributed by atoms with Gasteiger partial charge in [0.05, 0.1) is 16.6 Å². The van der Waals surface area contributed by atoms with Gasteiger partial charge in [0.1, 0.15) is 0 Å². The van der Waals surface area contributed by atoms with Gasteiger partial charge in [-0.1, -0.05) is 0 Å². The quantitative estimate of drug-likeness (QED) is 0.672. The lowest BCUT2D eigenvalue weighted by Crippen LogP contribution is -2.30. The summed E-state index contributed by atoms with van der Waals surface area (Å²) in [6.07, 6.45) is 1.57. The fraction of sp³-hybridized carbons (Fsp3) is 0.409. The highest BCUT2D eigenvalue weighted by molar-refractivity contribution is 5.92. The number of pyridine rings is 1. The second-order valence-corrected chi connectivity index (χ2v) is 8.10. The van der Waals surface area contributed by atoms with E-state index in [2.05, 4.69) is 10.3 Å². The fourth-order valence-electron chi connectivity index (χ4n) is 4.31. The Morgan fingerprint density at radius 1 is 1.10 bits per heavy atom. The number of benzene rings is 1. The molecule has 1 aromatic carbocycles. The number of hydrogen-bond donors (Lipinski definition) is 1. The molecule has 0 spiro atoms. The van der Waals surface area contributed by atoms with Crippen LogP contribution < -0.4 is 11.0 Å². The van der Waals surface area contributed by atoms with Crippen LogP contribution in [0.4, 0.5) is 18.9 Å². The van der Waals surface area contributed by atoms with Crippen molar-refractivity contribution in [2.45, 2.75) is 38.4 Å². The lowest BCUT2D eigenvalue weighted by atomic mass is 9.81. The maximum Gasteiger partial charge on any atom is 0.416 e. The first kappa shape index (κ1) is 21.1. The molecule has 4 rings (SSSR count). The molecule has 0 radical (unpaired) electrons. The van der Waals surface area contributed by atoms with Gasteiger partial charge in [-0.3, -0.25) is 18.9 Å². The topological polar surface area (TPSA) is 68.9 Å². The number of carbonyl (C=O) groups is 1. The van der Waals surface area contributed by atoms with Gasteiger partial charge in [0.2, 0.25) is 5.91 Å². The van der Waals surface area contributed by atoms with Crippen LogP contribution in [-0.4, -0.2) is 20.0 Å². The minimum absolute atomic E-state index is 0.0400. The molecule has 0 aliphatic heterocycles. The molecule has 164 valence electrons. The van der Waals surface area contributed by atoms with Crippen molar-refractivity contribution < 1.29 is 18.0 Å². The summed E-state index contributed by atoms with van der Waals surface area (Å²) in [5.74, 6) is -0.0323. The van der Waals surface area contributed by atoms with Gasteiger partial charge in [-0.25, -0.2) is 4.79 Å². The number of halogens is 3. The van der Waals surface area contributed by atoms with Crippen LogP contribution in [-0.2, 0) is 24.6 Å². The molecule has 1 saturated carbocycles. The van der Waals surface area contributed by atoms with Gasteiger partial charge in [-0.15, -0.1) is 0 Å². The van der Waals surface area contributed by atoms with Crippen molar-refractivity contribution in [3.05, 3.63) is 58.8 Å². The first-order chi connectivity index (χ1) is 14.7. The number of nitrogens with zero attached hydrogens (tertiary/aromatic N) is 3. The largest absolute Gasteiger partial charge is 0.416 e. The molecular weight excluding hydrogens is 409 g/mol. The Bertz CT molecular complexity index is 1140. The van der Waals surface area contributed by atoms with Crippen molar-refractivity contribution in [1.29, 1.82) is 0 Å². The molecule has 6 nitrogen and oxygen atoms in total. The molecular formula is C22H23F3N4O2. The maximum atomic E-state index is 13.2.